The van der Waals surface area contributed by atoms with Crippen molar-refractivity contribution >= 4 is 10.0 Å². The van der Waals surface area contributed by atoms with E-state index < -0.39 is 10.0 Å². The fourth-order valence-electron chi connectivity index (χ4n) is 2.26. The van der Waals surface area contributed by atoms with Crippen LogP contribution in [0.3, 0.4) is 0 Å². The van der Waals surface area contributed by atoms with Crippen LogP contribution in [0.1, 0.15) is 31.2 Å². The third-order valence-electron chi connectivity index (χ3n) is 3.20. The van der Waals surface area contributed by atoms with E-state index in [0.29, 0.717) is 18.8 Å². The molecule has 0 aliphatic carbocycles. The topological polar surface area (TPSA) is 90.9 Å². The summed E-state index contributed by atoms with van der Waals surface area (Å²) in [6.07, 6.45) is 3.28. The minimum Gasteiger partial charge on any atom is -0.301 e. The predicted octanol–water partition coefficient (Wildman–Crippen LogP) is 1.51. The number of benzene rings is 1. The molecule has 0 aliphatic heterocycles. The molecule has 114 valence electrons. The van der Waals surface area contributed by atoms with Gasteiger partial charge in [-0.25, -0.2) is 13.6 Å². The normalized spacial score (nSPS) is 11.7. The molecule has 6 nitrogen and oxygen atoms in total. The summed E-state index contributed by atoms with van der Waals surface area (Å²) in [4.78, 5) is 0. The predicted molar refractivity (Wildman–Crippen MR) is 80.2 cm³/mol. The van der Waals surface area contributed by atoms with Crippen molar-refractivity contribution in [2.24, 2.45) is 5.14 Å². The van der Waals surface area contributed by atoms with Crippen molar-refractivity contribution in [3.8, 4) is 0 Å². The van der Waals surface area contributed by atoms with Crippen molar-refractivity contribution in [3.05, 3.63) is 41.7 Å². The first-order valence-electron chi connectivity index (χ1n) is 7.01. The Balaban J connectivity index is 2.08. The quantitative estimate of drug-likeness (QED) is 0.839. The molecule has 0 radical (unpaired) electrons. The molecule has 0 spiro atoms. The average Bonchev–Trinajstić information content (AvgIpc) is 2.84. The maximum Gasteiger partial charge on any atom is 0.273 e. The van der Waals surface area contributed by atoms with Crippen LogP contribution in [-0.2, 0) is 29.4 Å². The lowest BCUT2D eigenvalue weighted by Crippen LogP contribution is -2.19. The van der Waals surface area contributed by atoms with Gasteiger partial charge in [0.2, 0.25) is 0 Å². The maximum absolute atomic E-state index is 11.5. The summed E-state index contributed by atoms with van der Waals surface area (Å²) in [5.74, 6) is 0.678. The molecule has 1 heterocycles. The molecular weight excluding hydrogens is 288 g/mol. The molecule has 7 heteroatoms. The minimum atomic E-state index is -3.82. The summed E-state index contributed by atoms with van der Waals surface area (Å²) in [6, 6.07) is 10.2. The van der Waals surface area contributed by atoms with E-state index in [9.17, 15) is 8.42 Å². The van der Waals surface area contributed by atoms with Crippen molar-refractivity contribution < 1.29 is 8.42 Å². The van der Waals surface area contributed by atoms with Gasteiger partial charge in [0, 0.05) is 13.0 Å². The minimum absolute atomic E-state index is 0.140. The van der Waals surface area contributed by atoms with Crippen LogP contribution in [0, 0.1) is 0 Å². The number of aromatic nitrogens is 3. The van der Waals surface area contributed by atoms with Gasteiger partial charge in [-0.05, 0) is 24.8 Å². The van der Waals surface area contributed by atoms with E-state index in [0.717, 1.165) is 19.3 Å². The van der Waals surface area contributed by atoms with E-state index in [-0.39, 0.29) is 5.16 Å². The van der Waals surface area contributed by atoms with Gasteiger partial charge in [0.15, 0.2) is 0 Å². The van der Waals surface area contributed by atoms with Gasteiger partial charge in [-0.1, -0.05) is 37.3 Å². The summed E-state index contributed by atoms with van der Waals surface area (Å²) in [5, 5.41) is 12.7. The summed E-state index contributed by atoms with van der Waals surface area (Å²) in [5.41, 5.74) is 1.26. The first-order chi connectivity index (χ1) is 10.0. The summed E-state index contributed by atoms with van der Waals surface area (Å²) in [6.45, 7) is 2.53. The van der Waals surface area contributed by atoms with Crippen molar-refractivity contribution in [1.82, 2.24) is 14.8 Å². The number of nitrogens with two attached hydrogens (primary N) is 1. The standard InChI is InChI=1S/C14H20N4O2S/c1-2-11-18-13(16-17-14(18)21(15,19)20)10-6-9-12-7-4-3-5-8-12/h3-5,7-8H,2,6,9-11H2,1H3,(H2,15,19,20). The third kappa shape index (κ3) is 4.12. The summed E-state index contributed by atoms with van der Waals surface area (Å²) in [7, 11) is -3.82. The van der Waals surface area contributed by atoms with Crippen LogP contribution < -0.4 is 5.14 Å². The number of aryl methyl sites for hydroxylation is 2. The number of nitrogens with zero attached hydrogens (tertiary/aromatic N) is 3. The highest BCUT2D eigenvalue weighted by atomic mass is 32.2. The highest BCUT2D eigenvalue weighted by Crippen LogP contribution is 2.12. The fraction of sp³-hybridized carbons (Fsp3) is 0.429. The Morgan fingerprint density at radius 2 is 1.86 bits per heavy atom. The number of primary sulfonamides is 1. The van der Waals surface area contributed by atoms with E-state index in [1.54, 1.807) is 4.57 Å². The zero-order valence-electron chi connectivity index (χ0n) is 12.1. The Kier molecular flexibility index (Phi) is 5.08. The highest BCUT2D eigenvalue weighted by Gasteiger charge is 2.20. The zero-order valence-corrected chi connectivity index (χ0v) is 12.9. The van der Waals surface area contributed by atoms with E-state index in [2.05, 4.69) is 22.3 Å². The van der Waals surface area contributed by atoms with Gasteiger partial charge < -0.3 is 4.57 Å². The van der Waals surface area contributed by atoms with Gasteiger partial charge in [-0.3, -0.25) is 0 Å². The molecule has 0 saturated carbocycles. The zero-order chi connectivity index (χ0) is 15.3. The second kappa shape index (κ2) is 6.82. The van der Waals surface area contributed by atoms with Gasteiger partial charge in [0.05, 0.1) is 0 Å². The van der Waals surface area contributed by atoms with E-state index in [1.165, 1.54) is 5.56 Å². The first kappa shape index (κ1) is 15.7. The molecule has 2 N–H and O–H groups in total. The van der Waals surface area contributed by atoms with Gasteiger partial charge in [-0.2, -0.15) is 0 Å². The van der Waals surface area contributed by atoms with E-state index >= 15 is 0 Å². The second-order valence-corrected chi connectivity index (χ2v) is 6.39. The smallest absolute Gasteiger partial charge is 0.273 e. The number of hydrogen-bond donors (Lipinski definition) is 1. The van der Waals surface area contributed by atoms with E-state index in [1.807, 2.05) is 25.1 Å². The molecule has 0 saturated heterocycles. The van der Waals surface area contributed by atoms with Gasteiger partial charge in [0.1, 0.15) is 5.82 Å². The Hall–Kier alpha value is -1.73. The second-order valence-electron chi connectivity index (χ2n) is 4.93. The third-order valence-corrected chi connectivity index (χ3v) is 4.01. The van der Waals surface area contributed by atoms with Gasteiger partial charge in [-0.15, -0.1) is 10.2 Å². The van der Waals surface area contributed by atoms with Crippen molar-refractivity contribution in [3.63, 3.8) is 0 Å². The molecule has 0 unspecified atom stereocenters. The molecular formula is C14H20N4O2S. The van der Waals surface area contributed by atoms with Crippen LogP contribution in [0.5, 0.6) is 0 Å². The molecule has 0 atom stereocenters. The van der Waals surface area contributed by atoms with Crippen LogP contribution in [0.25, 0.3) is 0 Å². The Morgan fingerprint density at radius 1 is 1.14 bits per heavy atom. The van der Waals surface area contributed by atoms with Crippen molar-refractivity contribution in [2.45, 2.75) is 44.3 Å². The van der Waals surface area contributed by atoms with E-state index in [4.69, 9.17) is 5.14 Å². The molecule has 2 aromatic rings. The lowest BCUT2D eigenvalue weighted by Gasteiger charge is -2.07. The van der Waals surface area contributed by atoms with Crippen LogP contribution in [0.2, 0.25) is 0 Å². The molecule has 0 fully saturated rings. The highest BCUT2D eigenvalue weighted by molar-refractivity contribution is 7.89. The first-order valence-corrected chi connectivity index (χ1v) is 8.56. The van der Waals surface area contributed by atoms with Crippen molar-refractivity contribution in [1.29, 1.82) is 0 Å². The van der Waals surface area contributed by atoms with Gasteiger partial charge >= 0.3 is 0 Å². The molecule has 0 bridgehead atoms. The Labute approximate surface area is 125 Å². The lowest BCUT2D eigenvalue weighted by atomic mass is 10.1. The molecule has 0 aliphatic rings. The largest absolute Gasteiger partial charge is 0.301 e. The van der Waals surface area contributed by atoms with Crippen molar-refractivity contribution in [2.75, 3.05) is 0 Å². The average molecular weight is 308 g/mol. The summed E-state index contributed by atoms with van der Waals surface area (Å²) >= 11 is 0. The number of sulfonamides is 1. The van der Waals surface area contributed by atoms with Crippen LogP contribution in [0.4, 0.5) is 0 Å². The fourth-order valence-corrected chi connectivity index (χ4v) is 2.92. The Morgan fingerprint density at radius 3 is 2.48 bits per heavy atom. The molecule has 2 rings (SSSR count). The van der Waals surface area contributed by atoms with Crippen LogP contribution >= 0.6 is 0 Å². The summed E-state index contributed by atoms with van der Waals surface area (Å²) < 4.78 is 24.6. The number of rotatable bonds is 7. The Bertz CT molecular complexity index is 680. The van der Waals surface area contributed by atoms with Gasteiger partial charge in [0.25, 0.3) is 15.2 Å². The molecule has 1 aromatic heterocycles. The molecule has 0 amide bonds. The molecule has 21 heavy (non-hydrogen) atoms. The monoisotopic (exact) mass is 308 g/mol. The number of hydrogen-bond acceptors (Lipinski definition) is 4. The SMILES string of the molecule is CCCn1c(CCCc2ccccc2)nnc1S(N)(=O)=O. The van der Waals surface area contributed by atoms with Crippen LogP contribution in [-0.4, -0.2) is 23.2 Å². The van der Waals surface area contributed by atoms with Crippen LogP contribution in [0.15, 0.2) is 35.5 Å². The lowest BCUT2D eigenvalue weighted by molar-refractivity contribution is 0.544. The maximum atomic E-state index is 11.5. The molecule has 1 aromatic carbocycles.